The molecule has 0 aliphatic carbocycles. The zero-order valence-corrected chi connectivity index (χ0v) is 8.34. The zero-order chi connectivity index (χ0) is 12.3. The summed E-state index contributed by atoms with van der Waals surface area (Å²) >= 11 is 0. The molecule has 1 aromatic carbocycles. The second-order valence-corrected chi connectivity index (χ2v) is 3.22. The van der Waals surface area contributed by atoms with Gasteiger partial charge in [0, 0.05) is 0 Å². The summed E-state index contributed by atoms with van der Waals surface area (Å²) in [4.78, 5) is 11.5. The number of halogens is 3. The molecular weight excluding hydrogens is 219 g/mol. The van der Waals surface area contributed by atoms with E-state index >= 15 is 0 Å². The summed E-state index contributed by atoms with van der Waals surface area (Å²) in [6, 6.07) is 0.558. The third-order valence-corrected chi connectivity index (χ3v) is 2.06. The number of carbonyl (C=O) groups excluding carboxylic acids is 1. The topological polar surface area (TPSA) is 43.1 Å². The predicted molar refractivity (Wildman–Crippen MR) is 53.4 cm³/mol. The Morgan fingerprint density at radius 3 is 2.56 bits per heavy atom. The number of Topliss-reactive ketones (excluding diaryl/α,β-unsaturated/α-hetero) is 1. The second-order valence-electron chi connectivity index (χ2n) is 3.22. The van der Waals surface area contributed by atoms with Gasteiger partial charge in [-0.25, -0.2) is 13.2 Å². The van der Waals surface area contributed by atoms with Crippen LogP contribution >= 0.6 is 0 Å². The van der Waals surface area contributed by atoms with Crippen molar-refractivity contribution in [1.29, 1.82) is 0 Å². The Morgan fingerprint density at radius 1 is 1.38 bits per heavy atom. The minimum atomic E-state index is -1.67. The quantitative estimate of drug-likeness (QED) is 0.488. The molecule has 1 atom stereocenters. The molecule has 2 nitrogen and oxygen atoms in total. The van der Waals surface area contributed by atoms with Crippen molar-refractivity contribution in [2.45, 2.75) is 12.5 Å². The maximum atomic E-state index is 13.2. The van der Waals surface area contributed by atoms with E-state index in [1.807, 2.05) is 0 Å². The zero-order valence-electron chi connectivity index (χ0n) is 8.34. The van der Waals surface area contributed by atoms with Crippen LogP contribution in [0.1, 0.15) is 16.8 Å². The minimum Gasteiger partial charge on any atom is -0.321 e. The van der Waals surface area contributed by atoms with E-state index in [9.17, 15) is 18.0 Å². The van der Waals surface area contributed by atoms with E-state index in [1.165, 1.54) is 6.08 Å². The Kier molecular flexibility index (Phi) is 3.84. The smallest absolute Gasteiger partial charge is 0.195 e. The normalized spacial score (nSPS) is 12.2. The average molecular weight is 229 g/mol. The molecule has 0 amide bonds. The van der Waals surface area contributed by atoms with Gasteiger partial charge in [-0.3, -0.25) is 4.79 Å². The molecule has 0 aliphatic rings. The highest BCUT2D eigenvalue weighted by Crippen LogP contribution is 2.17. The molecule has 86 valence electrons. The number of hydrogen-bond acceptors (Lipinski definition) is 2. The van der Waals surface area contributed by atoms with Crippen LogP contribution in [-0.2, 0) is 0 Å². The van der Waals surface area contributed by atoms with Crippen molar-refractivity contribution in [3.8, 4) is 0 Å². The van der Waals surface area contributed by atoms with Crippen LogP contribution < -0.4 is 5.73 Å². The molecular formula is C11H10F3NO. The number of benzene rings is 1. The molecule has 0 fully saturated rings. The maximum absolute atomic E-state index is 13.2. The average Bonchev–Trinajstić information content (AvgIpc) is 2.26. The molecule has 1 aromatic rings. The van der Waals surface area contributed by atoms with Crippen molar-refractivity contribution in [2.24, 2.45) is 5.73 Å². The van der Waals surface area contributed by atoms with Gasteiger partial charge < -0.3 is 5.73 Å². The summed E-state index contributed by atoms with van der Waals surface area (Å²) in [5.41, 5.74) is 4.87. The third kappa shape index (κ3) is 2.30. The lowest BCUT2D eigenvalue weighted by Gasteiger charge is -2.09. The Bertz CT molecular complexity index is 431. The first-order chi connectivity index (χ1) is 7.49. The monoisotopic (exact) mass is 229 g/mol. The molecule has 0 heterocycles. The van der Waals surface area contributed by atoms with Gasteiger partial charge >= 0.3 is 0 Å². The van der Waals surface area contributed by atoms with Crippen LogP contribution in [0.25, 0.3) is 0 Å². The fourth-order valence-corrected chi connectivity index (χ4v) is 1.20. The van der Waals surface area contributed by atoms with Gasteiger partial charge in [0.15, 0.2) is 23.2 Å². The first-order valence-corrected chi connectivity index (χ1v) is 4.53. The number of carbonyl (C=O) groups is 1. The molecule has 1 unspecified atom stereocenters. The van der Waals surface area contributed by atoms with Gasteiger partial charge in [0.2, 0.25) is 0 Å². The molecule has 0 saturated heterocycles. The molecule has 16 heavy (non-hydrogen) atoms. The predicted octanol–water partition coefficient (Wildman–Crippen LogP) is 2.19. The molecule has 0 bridgehead atoms. The molecule has 2 N–H and O–H groups in total. The van der Waals surface area contributed by atoms with Crippen LogP contribution in [-0.4, -0.2) is 11.8 Å². The highest BCUT2D eigenvalue weighted by molar-refractivity contribution is 6.00. The first kappa shape index (κ1) is 12.4. The van der Waals surface area contributed by atoms with Crippen molar-refractivity contribution in [3.05, 3.63) is 47.8 Å². The summed E-state index contributed by atoms with van der Waals surface area (Å²) in [5, 5.41) is 0. The van der Waals surface area contributed by atoms with E-state index in [0.717, 1.165) is 6.07 Å². The van der Waals surface area contributed by atoms with E-state index in [0.29, 0.717) is 6.07 Å². The molecule has 0 aromatic heterocycles. The van der Waals surface area contributed by atoms with Crippen LogP contribution in [0.4, 0.5) is 13.2 Å². The van der Waals surface area contributed by atoms with Gasteiger partial charge in [0.05, 0.1) is 11.6 Å². The first-order valence-electron chi connectivity index (χ1n) is 4.53. The van der Waals surface area contributed by atoms with E-state index in [2.05, 4.69) is 6.58 Å². The highest BCUT2D eigenvalue weighted by Gasteiger charge is 2.22. The number of hydrogen-bond donors (Lipinski definition) is 1. The van der Waals surface area contributed by atoms with Crippen molar-refractivity contribution >= 4 is 5.78 Å². The van der Waals surface area contributed by atoms with Gasteiger partial charge in [-0.2, -0.15) is 0 Å². The van der Waals surface area contributed by atoms with E-state index in [4.69, 9.17) is 5.73 Å². The van der Waals surface area contributed by atoms with Crippen molar-refractivity contribution in [3.63, 3.8) is 0 Å². The Morgan fingerprint density at radius 2 is 2.00 bits per heavy atom. The summed E-state index contributed by atoms with van der Waals surface area (Å²) in [7, 11) is 0. The largest absolute Gasteiger partial charge is 0.321 e. The van der Waals surface area contributed by atoms with Gasteiger partial charge in [-0.1, -0.05) is 6.08 Å². The second kappa shape index (κ2) is 4.94. The number of rotatable bonds is 4. The Labute approximate surface area is 90.6 Å². The van der Waals surface area contributed by atoms with Crippen LogP contribution in [0.15, 0.2) is 24.8 Å². The van der Waals surface area contributed by atoms with Crippen molar-refractivity contribution in [1.82, 2.24) is 0 Å². The minimum absolute atomic E-state index is 0.136. The van der Waals surface area contributed by atoms with Crippen LogP contribution in [0, 0.1) is 17.5 Å². The van der Waals surface area contributed by atoms with Gasteiger partial charge in [0.25, 0.3) is 0 Å². The van der Waals surface area contributed by atoms with Crippen molar-refractivity contribution in [2.75, 3.05) is 0 Å². The van der Waals surface area contributed by atoms with Crippen LogP contribution in [0.2, 0.25) is 0 Å². The van der Waals surface area contributed by atoms with Gasteiger partial charge in [-0.15, -0.1) is 6.58 Å². The van der Waals surface area contributed by atoms with E-state index in [-0.39, 0.29) is 6.42 Å². The van der Waals surface area contributed by atoms with Crippen LogP contribution in [0.5, 0.6) is 0 Å². The summed E-state index contributed by atoms with van der Waals surface area (Å²) in [5.74, 6) is -5.30. The molecule has 0 saturated carbocycles. The molecule has 1 rings (SSSR count). The summed E-state index contributed by atoms with van der Waals surface area (Å²) in [6.07, 6.45) is 1.53. The number of nitrogens with two attached hydrogens (primary N) is 1. The van der Waals surface area contributed by atoms with E-state index in [1.54, 1.807) is 0 Å². The summed E-state index contributed by atoms with van der Waals surface area (Å²) in [6.45, 7) is 3.37. The summed E-state index contributed by atoms with van der Waals surface area (Å²) < 4.78 is 38.6. The highest BCUT2D eigenvalue weighted by atomic mass is 19.2. The Balaban J connectivity index is 3.10. The van der Waals surface area contributed by atoms with Gasteiger partial charge in [0.1, 0.15) is 0 Å². The van der Waals surface area contributed by atoms with Crippen LogP contribution in [0.3, 0.4) is 0 Å². The van der Waals surface area contributed by atoms with Gasteiger partial charge in [-0.05, 0) is 18.6 Å². The fourth-order valence-electron chi connectivity index (χ4n) is 1.20. The SMILES string of the molecule is C=CCC(N)C(=O)c1ccc(F)c(F)c1F. The Hall–Kier alpha value is -1.62. The number of ketones is 1. The maximum Gasteiger partial charge on any atom is 0.195 e. The third-order valence-electron chi connectivity index (χ3n) is 2.06. The molecule has 5 heteroatoms. The lowest BCUT2D eigenvalue weighted by atomic mass is 10.0. The molecule has 0 radical (unpaired) electrons. The standard InChI is InChI=1S/C11H10F3NO/c1-2-3-8(15)11(16)6-4-5-7(12)10(14)9(6)13/h2,4-5,8H,1,3,15H2. The molecule has 0 aliphatic heterocycles. The van der Waals surface area contributed by atoms with E-state index < -0.39 is 34.8 Å². The fraction of sp³-hybridized carbons (Fsp3) is 0.182. The lowest BCUT2D eigenvalue weighted by Crippen LogP contribution is -2.30. The van der Waals surface area contributed by atoms with Crippen molar-refractivity contribution < 1.29 is 18.0 Å². The molecule has 0 spiro atoms. The lowest BCUT2D eigenvalue weighted by molar-refractivity contribution is 0.0957.